The van der Waals surface area contributed by atoms with Crippen molar-refractivity contribution in [3.63, 3.8) is 0 Å². The predicted molar refractivity (Wildman–Crippen MR) is 95.7 cm³/mol. The maximum atomic E-state index is 6.31. The van der Waals surface area contributed by atoms with Crippen molar-refractivity contribution < 1.29 is 0 Å². The van der Waals surface area contributed by atoms with Gasteiger partial charge in [0.2, 0.25) is 0 Å². The molecule has 1 atom stereocenters. The average molecular weight is 311 g/mol. The molecule has 1 unspecified atom stereocenters. The molecule has 122 valence electrons. The number of benzene rings is 1. The minimum absolute atomic E-state index is 0.662. The fourth-order valence-corrected chi connectivity index (χ4v) is 3.13. The molecule has 2 aromatic rings. The molecule has 23 heavy (non-hydrogen) atoms. The Hall–Kier alpha value is -2.30. The third-order valence-electron chi connectivity index (χ3n) is 4.37. The van der Waals surface area contributed by atoms with Gasteiger partial charge in [-0.05, 0) is 30.7 Å². The lowest BCUT2D eigenvalue weighted by atomic mass is 10.0. The summed E-state index contributed by atoms with van der Waals surface area (Å²) in [5, 5.41) is 3.35. The van der Waals surface area contributed by atoms with E-state index in [1.807, 2.05) is 6.07 Å². The first-order chi connectivity index (χ1) is 11.2. The maximum Gasteiger partial charge on any atom is 0.157 e. The lowest BCUT2D eigenvalue weighted by molar-refractivity contribution is 0.445. The third-order valence-corrected chi connectivity index (χ3v) is 4.37. The van der Waals surface area contributed by atoms with E-state index in [9.17, 15) is 0 Å². The van der Waals surface area contributed by atoms with E-state index in [1.165, 1.54) is 18.4 Å². The zero-order valence-electron chi connectivity index (χ0n) is 13.7. The Bertz CT molecular complexity index is 629. The van der Waals surface area contributed by atoms with Crippen molar-refractivity contribution in [2.45, 2.75) is 26.2 Å². The van der Waals surface area contributed by atoms with Crippen LogP contribution in [0.1, 0.15) is 25.3 Å². The van der Waals surface area contributed by atoms with E-state index in [4.69, 9.17) is 5.73 Å². The molecule has 0 saturated carbocycles. The second-order valence-electron chi connectivity index (χ2n) is 6.32. The van der Waals surface area contributed by atoms with Gasteiger partial charge < -0.3 is 16.0 Å². The molecule has 5 nitrogen and oxygen atoms in total. The maximum absolute atomic E-state index is 6.31. The molecule has 1 saturated heterocycles. The van der Waals surface area contributed by atoms with Crippen LogP contribution in [0.3, 0.4) is 0 Å². The number of nitrogens with zero attached hydrogens (tertiary/aromatic N) is 3. The monoisotopic (exact) mass is 311 g/mol. The van der Waals surface area contributed by atoms with E-state index in [0.29, 0.717) is 11.6 Å². The predicted octanol–water partition coefficient (Wildman–Crippen LogP) is 2.95. The first-order valence-corrected chi connectivity index (χ1v) is 8.37. The van der Waals surface area contributed by atoms with Crippen LogP contribution in [0, 0.1) is 5.92 Å². The Morgan fingerprint density at radius 1 is 1.26 bits per heavy atom. The molecule has 0 spiro atoms. The molecule has 3 rings (SSSR count). The van der Waals surface area contributed by atoms with Gasteiger partial charge in [0, 0.05) is 19.6 Å². The van der Waals surface area contributed by atoms with Crippen LogP contribution < -0.4 is 16.0 Å². The summed E-state index contributed by atoms with van der Waals surface area (Å²) in [5.74, 6) is 2.30. The minimum atomic E-state index is 0.662. The van der Waals surface area contributed by atoms with Crippen molar-refractivity contribution in [3.8, 4) is 0 Å². The van der Waals surface area contributed by atoms with Gasteiger partial charge in [-0.15, -0.1) is 0 Å². The molecule has 1 aromatic heterocycles. The lowest BCUT2D eigenvalue weighted by Crippen LogP contribution is -2.35. The van der Waals surface area contributed by atoms with Gasteiger partial charge in [-0.3, -0.25) is 0 Å². The van der Waals surface area contributed by atoms with Crippen molar-refractivity contribution in [3.05, 3.63) is 42.2 Å². The van der Waals surface area contributed by atoms with Gasteiger partial charge >= 0.3 is 0 Å². The average Bonchev–Trinajstić information content (AvgIpc) is 2.57. The Kier molecular flexibility index (Phi) is 4.95. The van der Waals surface area contributed by atoms with Crippen molar-refractivity contribution >= 4 is 17.3 Å². The molecule has 1 aromatic carbocycles. The highest BCUT2D eigenvalue weighted by Crippen LogP contribution is 2.29. The van der Waals surface area contributed by atoms with E-state index in [2.05, 4.69) is 51.4 Å². The van der Waals surface area contributed by atoms with E-state index in [0.717, 1.165) is 37.7 Å². The summed E-state index contributed by atoms with van der Waals surface area (Å²) >= 11 is 0. The van der Waals surface area contributed by atoms with Gasteiger partial charge in [-0.1, -0.05) is 37.3 Å². The molecule has 0 bridgehead atoms. The number of nitrogens with two attached hydrogens (primary N) is 1. The summed E-state index contributed by atoms with van der Waals surface area (Å²) in [5.41, 5.74) is 8.28. The summed E-state index contributed by atoms with van der Waals surface area (Å²) in [4.78, 5) is 11.0. The molecule has 5 heteroatoms. The third kappa shape index (κ3) is 3.92. The Balaban J connectivity index is 1.65. The largest absolute Gasteiger partial charge is 0.393 e. The highest BCUT2D eigenvalue weighted by Gasteiger charge is 2.20. The summed E-state index contributed by atoms with van der Waals surface area (Å²) in [7, 11) is 0. The molecule has 0 amide bonds. The van der Waals surface area contributed by atoms with Crippen LogP contribution in [-0.4, -0.2) is 29.6 Å². The van der Waals surface area contributed by atoms with Crippen LogP contribution in [0.25, 0.3) is 0 Å². The summed E-state index contributed by atoms with van der Waals surface area (Å²) in [6.07, 6.45) is 5.03. The Morgan fingerprint density at radius 3 is 2.87 bits per heavy atom. The molecule has 3 N–H and O–H groups in total. The lowest BCUT2D eigenvalue weighted by Gasteiger charge is -2.32. The second kappa shape index (κ2) is 7.31. The first kappa shape index (κ1) is 15.6. The zero-order valence-corrected chi connectivity index (χ0v) is 13.7. The van der Waals surface area contributed by atoms with Gasteiger partial charge in [-0.25, -0.2) is 9.97 Å². The summed E-state index contributed by atoms with van der Waals surface area (Å²) in [6.45, 7) is 5.13. The summed E-state index contributed by atoms with van der Waals surface area (Å²) < 4.78 is 0. The number of piperidine rings is 1. The Morgan fingerprint density at radius 2 is 2.09 bits per heavy atom. The summed E-state index contributed by atoms with van der Waals surface area (Å²) in [6, 6.07) is 10.4. The molecule has 1 fully saturated rings. The normalized spacial score (nSPS) is 18.0. The van der Waals surface area contributed by atoms with Crippen LogP contribution in [0.5, 0.6) is 0 Å². The fraction of sp³-hybridized carbons (Fsp3) is 0.444. The molecule has 1 aliphatic rings. The quantitative estimate of drug-likeness (QED) is 0.888. The highest BCUT2D eigenvalue weighted by molar-refractivity contribution is 5.75. The van der Waals surface area contributed by atoms with E-state index in [-0.39, 0.29) is 0 Å². The standard InChI is InChI=1S/C18H25N5/c1-14-6-5-11-23(12-14)18-16(19)17(21-13-22-18)20-10-9-15-7-3-2-4-8-15/h2-4,7-8,13-14H,5-6,9-12,19H2,1H3,(H,20,21,22). The molecule has 0 radical (unpaired) electrons. The van der Waals surface area contributed by atoms with Crippen molar-refractivity contribution in [2.24, 2.45) is 5.92 Å². The zero-order chi connectivity index (χ0) is 16.1. The van der Waals surface area contributed by atoms with Crippen molar-refractivity contribution in [1.29, 1.82) is 0 Å². The Labute approximate surface area is 137 Å². The topological polar surface area (TPSA) is 67.1 Å². The molecule has 0 aliphatic carbocycles. The van der Waals surface area contributed by atoms with Crippen LogP contribution in [-0.2, 0) is 6.42 Å². The number of rotatable bonds is 5. The molecule has 1 aliphatic heterocycles. The van der Waals surface area contributed by atoms with Crippen LogP contribution in [0.15, 0.2) is 36.7 Å². The van der Waals surface area contributed by atoms with Crippen LogP contribution >= 0.6 is 0 Å². The van der Waals surface area contributed by atoms with Gasteiger partial charge in [0.05, 0.1) is 0 Å². The van der Waals surface area contributed by atoms with Gasteiger partial charge in [0.1, 0.15) is 12.0 Å². The van der Waals surface area contributed by atoms with Gasteiger partial charge in [-0.2, -0.15) is 0 Å². The van der Waals surface area contributed by atoms with Crippen LogP contribution in [0.2, 0.25) is 0 Å². The van der Waals surface area contributed by atoms with Gasteiger partial charge in [0.15, 0.2) is 11.6 Å². The number of nitrogens with one attached hydrogen (secondary N) is 1. The van der Waals surface area contributed by atoms with E-state index in [1.54, 1.807) is 6.33 Å². The number of hydrogen-bond donors (Lipinski definition) is 2. The number of hydrogen-bond acceptors (Lipinski definition) is 5. The molecular weight excluding hydrogens is 286 g/mol. The number of aromatic nitrogens is 2. The second-order valence-corrected chi connectivity index (χ2v) is 6.32. The van der Waals surface area contributed by atoms with Gasteiger partial charge in [0.25, 0.3) is 0 Å². The number of nitrogen functional groups attached to an aromatic ring is 1. The van der Waals surface area contributed by atoms with Crippen molar-refractivity contribution in [1.82, 2.24) is 9.97 Å². The molecule has 2 heterocycles. The van der Waals surface area contributed by atoms with Crippen LogP contribution in [0.4, 0.5) is 17.3 Å². The van der Waals surface area contributed by atoms with Crippen molar-refractivity contribution in [2.75, 3.05) is 35.6 Å². The SMILES string of the molecule is CC1CCCN(c2ncnc(NCCc3ccccc3)c2N)C1. The smallest absolute Gasteiger partial charge is 0.157 e. The first-order valence-electron chi connectivity index (χ1n) is 8.37. The fourth-order valence-electron chi connectivity index (χ4n) is 3.13. The number of anilines is 3. The molecular formula is C18H25N5. The van der Waals surface area contributed by atoms with E-state index >= 15 is 0 Å². The van der Waals surface area contributed by atoms with E-state index < -0.39 is 0 Å². The minimum Gasteiger partial charge on any atom is -0.393 e. The highest BCUT2D eigenvalue weighted by atomic mass is 15.2.